The molecule has 0 aromatic heterocycles. The van der Waals surface area contributed by atoms with Gasteiger partial charge < -0.3 is 71.0 Å². The molecule has 6 rings (SSSR count). The lowest BCUT2D eigenvalue weighted by molar-refractivity contribution is -0.120. The van der Waals surface area contributed by atoms with Gasteiger partial charge in [-0.25, -0.2) is 0 Å². The van der Waals surface area contributed by atoms with Gasteiger partial charge in [0.2, 0.25) is 35.1 Å². The van der Waals surface area contributed by atoms with Crippen molar-refractivity contribution in [2.45, 2.75) is 90.1 Å². The number of aliphatic hydroxyl groups excluding tert-OH is 1. The average molecular weight is 943 g/mol. The largest absolute Gasteiger partial charge is 0.493 e. The first-order valence-electron chi connectivity index (χ1n) is 22.2. The summed E-state index contributed by atoms with van der Waals surface area (Å²) >= 11 is 0. The highest BCUT2D eigenvalue weighted by Crippen LogP contribution is 2.52. The van der Waals surface area contributed by atoms with Crippen LogP contribution in [0.2, 0.25) is 0 Å². The first kappa shape index (κ1) is 52.4. The van der Waals surface area contributed by atoms with Crippen LogP contribution in [0.15, 0.2) is 48.5 Å². The molecular weight excluding hydrogens is 877 g/mol. The van der Waals surface area contributed by atoms with Crippen LogP contribution in [0.3, 0.4) is 0 Å². The minimum atomic E-state index is -1.03. The highest BCUT2D eigenvalue weighted by molar-refractivity contribution is 5.96. The fraction of sp³-hybridized carbons (Fsp3) is 0.440. The van der Waals surface area contributed by atoms with Crippen molar-refractivity contribution < 1.29 is 57.4 Å². The topological polar surface area (TPSA) is 253 Å². The molecule has 18 nitrogen and oxygen atoms in total. The maximum atomic E-state index is 12.7. The number of nitrogens with one attached hydrogen (secondary N) is 4. The second-order valence-corrected chi connectivity index (χ2v) is 17.3. The van der Waals surface area contributed by atoms with Crippen LogP contribution in [0, 0.1) is 0 Å². The van der Waals surface area contributed by atoms with E-state index in [4.69, 9.17) is 49.7 Å². The zero-order valence-corrected chi connectivity index (χ0v) is 40.8. The van der Waals surface area contributed by atoms with Crippen LogP contribution < -0.4 is 61.2 Å². The van der Waals surface area contributed by atoms with Gasteiger partial charge in [-0.2, -0.15) is 0 Å². The molecule has 0 unspecified atom stereocenters. The van der Waals surface area contributed by atoms with E-state index in [1.807, 2.05) is 63.2 Å². The predicted octanol–water partition coefficient (Wildman–Crippen LogP) is 5.34. The summed E-state index contributed by atoms with van der Waals surface area (Å²) < 4.78 is 39.4. The lowest BCUT2D eigenvalue weighted by Crippen LogP contribution is -2.41. The molecule has 368 valence electrons. The number of amides is 4. The molecule has 2 aliphatic rings. The smallest absolute Gasteiger partial charge is 0.243 e. The van der Waals surface area contributed by atoms with E-state index in [9.17, 15) is 19.2 Å². The number of nitrogens with two attached hydrogens (primary N) is 2. The average Bonchev–Trinajstić information content (AvgIpc) is 3.55. The van der Waals surface area contributed by atoms with Gasteiger partial charge in [-0.3, -0.25) is 19.2 Å². The molecule has 9 N–H and O–H groups in total. The Kier molecular flexibility index (Phi) is 17.7. The summed E-state index contributed by atoms with van der Waals surface area (Å²) in [5, 5.41) is 20.8. The maximum absolute atomic E-state index is 12.7. The van der Waals surface area contributed by atoms with E-state index in [2.05, 4.69) is 21.3 Å². The number of anilines is 2. The number of fused-ring (bicyclic) bond motifs is 6. The first-order chi connectivity index (χ1) is 32.3. The molecule has 0 heterocycles. The summed E-state index contributed by atoms with van der Waals surface area (Å²) in [4.78, 5) is 48.9. The monoisotopic (exact) mass is 942 g/mol. The molecule has 0 fully saturated rings. The molecule has 0 bridgehead atoms. The van der Waals surface area contributed by atoms with Crippen molar-refractivity contribution in [3.05, 3.63) is 70.8 Å². The number of rotatable bonds is 15. The number of aryl methyl sites for hydroxylation is 2. The van der Waals surface area contributed by atoms with Gasteiger partial charge in [0.15, 0.2) is 23.0 Å². The number of ether oxygens (including phenoxy) is 7. The first-order valence-corrected chi connectivity index (χ1v) is 22.2. The summed E-state index contributed by atoms with van der Waals surface area (Å²) in [5.41, 5.74) is 19.5. The number of carbonyl (C=O) groups is 4. The van der Waals surface area contributed by atoms with Crippen LogP contribution in [-0.2, 0) is 36.8 Å². The van der Waals surface area contributed by atoms with E-state index in [1.54, 1.807) is 48.7 Å². The molecule has 4 amide bonds. The Hall–Kier alpha value is -6.60. The summed E-state index contributed by atoms with van der Waals surface area (Å²) in [7, 11) is 9.42. The normalized spacial score (nSPS) is 15.6. The van der Waals surface area contributed by atoms with Gasteiger partial charge in [-0.15, -0.1) is 0 Å². The molecule has 68 heavy (non-hydrogen) atoms. The van der Waals surface area contributed by atoms with Crippen LogP contribution in [0.1, 0.15) is 81.8 Å². The predicted molar refractivity (Wildman–Crippen MR) is 259 cm³/mol. The molecule has 18 heteroatoms. The Labute approximate surface area is 397 Å². The third kappa shape index (κ3) is 12.1. The number of methoxy groups -OCH3 is 6. The minimum absolute atomic E-state index is 0.0982. The lowest BCUT2D eigenvalue weighted by atomic mass is 9.93. The second kappa shape index (κ2) is 22.9. The van der Waals surface area contributed by atoms with Gasteiger partial charge in [0.05, 0.1) is 73.6 Å². The van der Waals surface area contributed by atoms with Crippen molar-refractivity contribution >= 4 is 35.0 Å². The summed E-state index contributed by atoms with van der Waals surface area (Å²) in [5.74, 6) is 2.03. The van der Waals surface area contributed by atoms with E-state index in [1.165, 1.54) is 13.8 Å². The number of hydrogen-bond donors (Lipinski definition) is 7. The quantitative estimate of drug-likeness (QED) is 0.0795. The molecule has 2 aliphatic carbocycles. The molecule has 0 spiro atoms. The van der Waals surface area contributed by atoms with Gasteiger partial charge in [-0.05, 0) is 116 Å². The van der Waals surface area contributed by atoms with Gasteiger partial charge in [-0.1, -0.05) is 12.1 Å². The fourth-order valence-corrected chi connectivity index (χ4v) is 8.38. The zero-order chi connectivity index (χ0) is 50.0. The van der Waals surface area contributed by atoms with Gasteiger partial charge in [0.1, 0.15) is 12.1 Å². The molecule has 0 saturated heterocycles. The van der Waals surface area contributed by atoms with E-state index in [0.717, 1.165) is 44.5 Å². The third-order valence-corrected chi connectivity index (χ3v) is 11.5. The van der Waals surface area contributed by atoms with Gasteiger partial charge in [0, 0.05) is 36.3 Å². The Balaban J connectivity index is 0.000000256. The number of benzene rings is 4. The zero-order valence-electron chi connectivity index (χ0n) is 40.8. The molecule has 4 atom stereocenters. The van der Waals surface area contributed by atoms with E-state index >= 15 is 0 Å². The van der Waals surface area contributed by atoms with Crippen molar-refractivity contribution in [2.24, 2.45) is 11.5 Å². The summed E-state index contributed by atoms with van der Waals surface area (Å²) in [6, 6.07) is 12.5. The highest BCUT2D eigenvalue weighted by atomic mass is 16.5. The Bertz CT molecular complexity index is 2490. The van der Waals surface area contributed by atoms with Crippen LogP contribution in [-0.4, -0.2) is 102 Å². The molecule has 4 aromatic rings. The van der Waals surface area contributed by atoms with Crippen LogP contribution in [0.5, 0.6) is 34.5 Å². The molecule has 4 aromatic carbocycles. The van der Waals surface area contributed by atoms with E-state index in [-0.39, 0.29) is 36.4 Å². The standard InChI is InChI=1S/C27H37N3O6.C23H29N3O6/c1-15(31)29-21-11-8-16-12-22(33-5)24(34-6)25(35-7)23(16)18-10-9-17(13-19(18)21)30-26(32)20(28)14-36-27(2,3)4;1-12(28)25-18-8-5-13-9-19(30-2)21(31-3)22(32-4)20(13)15-7-6-14(10-16(15)18)26-23(29)17(24)11-27/h9-10,12-13,20-21H,8,11,14,28H2,1-7H3,(H,29,31)(H,30,32);6-7,9-10,17-18,27H,5,8,11,24H2,1-4H3,(H,25,28)(H,26,29)/t20-,21-;17-,18-/m00/s1. The van der Waals surface area contributed by atoms with Crippen molar-refractivity contribution in [3.63, 3.8) is 0 Å². The molecule has 0 radical (unpaired) electrons. The molecular formula is C50H66N6O12. The second-order valence-electron chi connectivity index (χ2n) is 17.3. The van der Waals surface area contributed by atoms with Crippen LogP contribution in [0.25, 0.3) is 22.3 Å². The van der Waals surface area contributed by atoms with E-state index in [0.29, 0.717) is 71.6 Å². The van der Waals surface area contributed by atoms with E-state index < -0.39 is 30.2 Å². The molecule has 0 aliphatic heterocycles. The number of hydrogen-bond acceptors (Lipinski definition) is 14. The van der Waals surface area contributed by atoms with Crippen molar-refractivity contribution in [3.8, 4) is 56.8 Å². The van der Waals surface area contributed by atoms with Crippen molar-refractivity contribution in [2.75, 3.05) is 66.5 Å². The maximum Gasteiger partial charge on any atom is 0.243 e. The van der Waals surface area contributed by atoms with Gasteiger partial charge in [0.25, 0.3) is 0 Å². The third-order valence-electron chi connectivity index (χ3n) is 11.5. The minimum Gasteiger partial charge on any atom is -0.493 e. The van der Waals surface area contributed by atoms with Crippen LogP contribution in [0.4, 0.5) is 11.4 Å². The fourth-order valence-electron chi connectivity index (χ4n) is 8.38. The highest BCUT2D eigenvalue weighted by Gasteiger charge is 2.32. The SMILES string of the molecule is COc1cc2c(c(OC)c1OC)-c1ccc(NC(=O)[C@@H](N)CO)cc1[C@@H](NC(C)=O)CC2.COc1cc2c(c(OC)c1OC)-c1ccc(NC(=O)[C@@H](N)COC(C)(C)C)cc1[C@@H](NC(C)=O)CC2. The Morgan fingerprint density at radius 2 is 1.01 bits per heavy atom. The lowest BCUT2D eigenvalue weighted by Gasteiger charge is -2.23. The Morgan fingerprint density at radius 1 is 0.618 bits per heavy atom. The summed E-state index contributed by atoms with van der Waals surface area (Å²) in [6.07, 6.45) is 2.60. The summed E-state index contributed by atoms with van der Waals surface area (Å²) in [6.45, 7) is 8.31. The number of carbonyl (C=O) groups excluding carboxylic acids is 4. The van der Waals surface area contributed by atoms with Crippen molar-refractivity contribution in [1.29, 1.82) is 0 Å². The molecule has 0 saturated carbocycles. The van der Waals surface area contributed by atoms with Gasteiger partial charge >= 0.3 is 0 Å². The number of aliphatic hydroxyl groups is 1. The van der Waals surface area contributed by atoms with Crippen molar-refractivity contribution in [1.82, 2.24) is 10.6 Å². The van der Waals surface area contributed by atoms with Crippen LogP contribution >= 0.6 is 0 Å². The Morgan fingerprint density at radius 3 is 1.35 bits per heavy atom.